The summed E-state index contributed by atoms with van der Waals surface area (Å²) in [7, 11) is 0. The van der Waals surface area contributed by atoms with Gasteiger partial charge in [0.15, 0.2) is 0 Å². The van der Waals surface area contributed by atoms with Crippen LogP contribution in [0.15, 0.2) is 0 Å². The van der Waals surface area contributed by atoms with Crippen molar-refractivity contribution in [3.8, 4) is 0 Å². The van der Waals surface area contributed by atoms with E-state index in [1.54, 1.807) is 0 Å². The average molecular weight is 196 g/mol. The third kappa shape index (κ3) is 6.96. The summed E-state index contributed by atoms with van der Waals surface area (Å²) in [6, 6.07) is 0. The first-order valence-corrected chi connectivity index (χ1v) is 5.22. The summed E-state index contributed by atoms with van der Waals surface area (Å²) in [5, 5.41) is 0. The highest BCUT2D eigenvalue weighted by Crippen LogP contribution is 1.94. The van der Waals surface area contributed by atoms with Crippen LogP contribution >= 0.6 is 24.7 Å². The van der Waals surface area contributed by atoms with Crippen molar-refractivity contribution in [1.82, 2.24) is 4.90 Å². The zero-order chi connectivity index (χ0) is 8.53. The van der Waals surface area contributed by atoms with Gasteiger partial charge in [-0.15, -0.1) is 0 Å². The highest BCUT2D eigenvalue weighted by molar-refractivity contribution is 7.93. The highest BCUT2D eigenvalue weighted by atomic mass is 32.2. The molecular weight excluding hydrogens is 180 g/mol. The zero-order valence-electron chi connectivity index (χ0n) is 6.57. The van der Waals surface area contributed by atoms with Gasteiger partial charge in [0.1, 0.15) is 0 Å². The van der Waals surface area contributed by atoms with Crippen LogP contribution in [-0.4, -0.2) is 47.1 Å². The SMILES string of the molecule is NCCN(CCS)CCSO. The maximum absolute atomic E-state index is 8.49. The van der Waals surface area contributed by atoms with Gasteiger partial charge < -0.3 is 15.2 Å². The lowest BCUT2D eigenvalue weighted by Gasteiger charge is -2.19. The lowest BCUT2D eigenvalue weighted by atomic mass is 10.5. The van der Waals surface area contributed by atoms with Crippen LogP contribution in [0.2, 0.25) is 0 Å². The Morgan fingerprint density at radius 1 is 1.36 bits per heavy atom. The number of nitrogens with zero attached hydrogens (tertiary/aromatic N) is 1. The van der Waals surface area contributed by atoms with E-state index in [0.717, 1.165) is 43.2 Å². The van der Waals surface area contributed by atoms with E-state index in [9.17, 15) is 0 Å². The zero-order valence-corrected chi connectivity index (χ0v) is 8.28. The van der Waals surface area contributed by atoms with Crippen molar-refractivity contribution >= 4 is 24.7 Å². The summed E-state index contributed by atoms with van der Waals surface area (Å²) in [6.07, 6.45) is 0. The van der Waals surface area contributed by atoms with Crippen molar-refractivity contribution in [2.75, 3.05) is 37.7 Å². The fourth-order valence-corrected chi connectivity index (χ4v) is 1.45. The molecule has 11 heavy (non-hydrogen) atoms. The van der Waals surface area contributed by atoms with Crippen LogP contribution in [0.3, 0.4) is 0 Å². The van der Waals surface area contributed by atoms with E-state index in [4.69, 9.17) is 10.3 Å². The molecule has 0 saturated heterocycles. The third-order valence-corrected chi connectivity index (χ3v) is 1.93. The van der Waals surface area contributed by atoms with Gasteiger partial charge in [-0.3, -0.25) is 0 Å². The summed E-state index contributed by atoms with van der Waals surface area (Å²) in [5.41, 5.74) is 5.40. The first-order valence-electron chi connectivity index (χ1n) is 3.64. The fraction of sp³-hybridized carbons (Fsp3) is 1.00. The predicted octanol–water partition coefficient (Wildman–Crippen LogP) is 0.383. The van der Waals surface area contributed by atoms with E-state index in [-0.39, 0.29) is 0 Å². The molecule has 0 spiro atoms. The molecule has 0 fully saturated rings. The van der Waals surface area contributed by atoms with Crippen LogP contribution in [0.1, 0.15) is 0 Å². The Morgan fingerprint density at radius 2 is 2.09 bits per heavy atom. The topological polar surface area (TPSA) is 49.5 Å². The van der Waals surface area contributed by atoms with Gasteiger partial charge >= 0.3 is 0 Å². The molecule has 0 unspecified atom stereocenters. The van der Waals surface area contributed by atoms with Gasteiger partial charge in [0, 0.05) is 37.7 Å². The molecule has 0 atom stereocenters. The minimum absolute atomic E-state index is 0.671. The monoisotopic (exact) mass is 196 g/mol. The number of rotatable bonds is 7. The second-order valence-corrected chi connectivity index (χ2v) is 3.30. The van der Waals surface area contributed by atoms with Crippen molar-refractivity contribution in [2.24, 2.45) is 5.73 Å². The average Bonchev–Trinajstić information content (AvgIpc) is 2.01. The number of nitrogens with two attached hydrogens (primary N) is 1. The van der Waals surface area contributed by atoms with Gasteiger partial charge in [-0.2, -0.15) is 12.6 Å². The molecule has 0 aromatic carbocycles. The number of hydrogen-bond acceptors (Lipinski definition) is 5. The summed E-state index contributed by atoms with van der Waals surface area (Å²) in [6.45, 7) is 3.39. The van der Waals surface area contributed by atoms with E-state index in [1.165, 1.54) is 0 Å². The van der Waals surface area contributed by atoms with Crippen LogP contribution in [0.4, 0.5) is 0 Å². The van der Waals surface area contributed by atoms with Crippen molar-refractivity contribution in [2.45, 2.75) is 0 Å². The summed E-state index contributed by atoms with van der Waals surface area (Å²) in [4.78, 5) is 2.19. The van der Waals surface area contributed by atoms with Crippen molar-refractivity contribution in [1.29, 1.82) is 0 Å². The highest BCUT2D eigenvalue weighted by Gasteiger charge is 2.00. The Kier molecular flexibility index (Phi) is 9.13. The molecule has 0 bridgehead atoms. The van der Waals surface area contributed by atoms with Gasteiger partial charge in [0.25, 0.3) is 0 Å². The van der Waals surface area contributed by atoms with E-state index in [0.29, 0.717) is 6.54 Å². The lowest BCUT2D eigenvalue weighted by Crippen LogP contribution is -2.33. The van der Waals surface area contributed by atoms with Crippen molar-refractivity contribution in [3.63, 3.8) is 0 Å². The molecule has 68 valence electrons. The second-order valence-electron chi connectivity index (χ2n) is 2.19. The lowest BCUT2D eigenvalue weighted by molar-refractivity contribution is 0.317. The molecule has 0 aliphatic rings. The Labute approximate surface area is 77.9 Å². The fourth-order valence-electron chi connectivity index (χ4n) is 0.829. The number of hydrogen-bond donors (Lipinski definition) is 3. The summed E-state index contributed by atoms with van der Waals surface area (Å²) in [5.74, 6) is 1.59. The Balaban J connectivity index is 3.34. The summed E-state index contributed by atoms with van der Waals surface area (Å²) >= 11 is 5.00. The number of thiol groups is 1. The van der Waals surface area contributed by atoms with Crippen LogP contribution in [0, 0.1) is 0 Å². The van der Waals surface area contributed by atoms with Crippen molar-refractivity contribution < 1.29 is 4.55 Å². The van der Waals surface area contributed by atoms with Gasteiger partial charge in [0.05, 0.1) is 0 Å². The standard InChI is InChI=1S/C6H16N2OS2/c7-1-2-8(3-5-10)4-6-11-9/h9-10H,1-7H2. The molecule has 0 heterocycles. The van der Waals surface area contributed by atoms with Gasteiger partial charge in [-0.1, -0.05) is 0 Å². The quantitative estimate of drug-likeness (QED) is 0.407. The molecule has 0 aliphatic heterocycles. The summed E-state index contributed by atoms with van der Waals surface area (Å²) < 4.78 is 8.49. The van der Waals surface area contributed by atoms with Crippen LogP contribution in [0.5, 0.6) is 0 Å². The van der Waals surface area contributed by atoms with E-state index in [2.05, 4.69) is 17.5 Å². The largest absolute Gasteiger partial charge is 0.330 e. The molecule has 3 nitrogen and oxygen atoms in total. The van der Waals surface area contributed by atoms with Gasteiger partial charge in [0.2, 0.25) is 0 Å². The Bertz CT molecular complexity index is 79.0. The molecular formula is C6H16N2OS2. The molecule has 0 rings (SSSR count). The maximum Gasteiger partial charge on any atom is 0.0323 e. The molecule has 0 amide bonds. The minimum atomic E-state index is 0.671. The van der Waals surface area contributed by atoms with Crippen LogP contribution in [-0.2, 0) is 0 Å². The molecule has 0 saturated carbocycles. The Morgan fingerprint density at radius 3 is 2.55 bits per heavy atom. The minimum Gasteiger partial charge on any atom is -0.330 e. The third-order valence-electron chi connectivity index (χ3n) is 1.36. The molecule has 0 aromatic heterocycles. The van der Waals surface area contributed by atoms with Crippen LogP contribution in [0.25, 0.3) is 0 Å². The van der Waals surface area contributed by atoms with E-state index < -0.39 is 0 Å². The van der Waals surface area contributed by atoms with E-state index >= 15 is 0 Å². The second kappa shape index (κ2) is 8.67. The normalized spacial score (nSPS) is 10.9. The molecule has 0 aliphatic carbocycles. The first-order chi connectivity index (χ1) is 5.35. The Hall–Kier alpha value is 0.580. The smallest absolute Gasteiger partial charge is 0.0323 e. The van der Waals surface area contributed by atoms with Gasteiger partial charge in [-0.25, -0.2) is 0 Å². The molecule has 0 radical (unpaired) electrons. The molecule has 5 heteroatoms. The van der Waals surface area contributed by atoms with Gasteiger partial charge in [-0.05, 0) is 12.0 Å². The molecule has 0 aromatic rings. The van der Waals surface area contributed by atoms with Crippen molar-refractivity contribution in [3.05, 3.63) is 0 Å². The first kappa shape index (κ1) is 11.6. The molecule has 3 N–H and O–H groups in total. The predicted molar refractivity (Wildman–Crippen MR) is 54.4 cm³/mol. The van der Waals surface area contributed by atoms with Crippen LogP contribution < -0.4 is 5.73 Å². The maximum atomic E-state index is 8.49. The van der Waals surface area contributed by atoms with E-state index in [1.807, 2.05) is 0 Å².